The molecule has 0 spiro atoms. The number of piperidine rings is 1. The number of carbonyl (C=O) groups excluding carboxylic acids is 1. The predicted molar refractivity (Wildman–Crippen MR) is 71.5 cm³/mol. The summed E-state index contributed by atoms with van der Waals surface area (Å²) in [4.78, 5) is 12.0. The highest BCUT2D eigenvalue weighted by Gasteiger charge is 2.28. The van der Waals surface area contributed by atoms with Crippen LogP contribution in [0.4, 0.5) is 0 Å². The summed E-state index contributed by atoms with van der Waals surface area (Å²) < 4.78 is 5.65. The molecule has 104 valence electrons. The highest BCUT2D eigenvalue weighted by molar-refractivity contribution is 5.76. The molecule has 1 amide bonds. The van der Waals surface area contributed by atoms with E-state index in [2.05, 4.69) is 17.6 Å². The third-order valence-electron chi connectivity index (χ3n) is 4.12. The Bertz CT molecular complexity index is 269. The van der Waals surface area contributed by atoms with Crippen molar-refractivity contribution in [3.63, 3.8) is 0 Å². The Kier molecular flexibility index (Phi) is 5.01. The average molecular weight is 254 g/mol. The third kappa shape index (κ3) is 4.25. The topological polar surface area (TPSA) is 50.4 Å². The average Bonchev–Trinajstić information content (AvgIpc) is 2.38. The van der Waals surface area contributed by atoms with Gasteiger partial charge in [0.2, 0.25) is 5.91 Å². The second kappa shape index (κ2) is 6.53. The van der Waals surface area contributed by atoms with Crippen LogP contribution in [-0.4, -0.2) is 37.2 Å². The molecule has 4 nitrogen and oxygen atoms in total. The lowest BCUT2D eigenvalue weighted by atomic mass is 9.90. The van der Waals surface area contributed by atoms with E-state index in [0.29, 0.717) is 12.5 Å². The molecule has 0 bridgehead atoms. The largest absolute Gasteiger partial charge is 0.378 e. The normalized spacial score (nSPS) is 27.7. The first-order chi connectivity index (χ1) is 8.68. The van der Waals surface area contributed by atoms with Gasteiger partial charge in [-0.25, -0.2) is 0 Å². The summed E-state index contributed by atoms with van der Waals surface area (Å²) in [6.45, 7) is 5.03. The van der Waals surface area contributed by atoms with Gasteiger partial charge in [-0.3, -0.25) is 4.79 Å². The van der Waals surface area contributed by atoms with Gasteiger partial charge in [-0.1, -0.05) is 0 Å². The molecule has 2 rings (SSSR count). The quantitative estimate of drug-likeness (QED) is 0.801. The van der Waals surface area contributed by atoms with Crippen LogP contribution in [0.15, 0.2) is 0 Å². The molecule has 1 unspecified atom stereocenters. The number of nitrogens with one attached hydrogen (secondary N) is 2. The second-order valence-corrected chi connectivity index (χ2v) is 5.89. The minimum absolute atomic E-state index is 0.00421. The fraction of sp³-hybridized carbons (Fsp3) is 0.929. The molecule has 2 fully saturated rings. The van der Waals surface area contributed by atoms with E-state index < -0.39 is 0 Å². The van der Waals surface area contributed by atoms with Crippen molar-refractivity contribution < 1.29 is 9.53 Å². The Morgan fingerprint density at radius 3 is 2.83 bits per heavy atom. The fourth-order valence-electron chi connectivity index (χ4n) is 2.83. The third-order valence-corrected chi connectivity index (χ3v) is 4.12. The van der Waals surface area contributed by atoms with Gasteiger partial charge in [0, 0.05) is 18.6 Å². The lowest BCUT2D eigenvalue weighted by Crippen LogP contribution is -2.52. The smallest absolute Gasteiger partial charge is 0.220 e. The van der Waals surface area contributed by atoms with Gasteiger partial charge in [0.1, 0.15) is 0 Å². The zero-order chi connectivity index (χ0) is 12.8. The molecule has 4 heteroatoms. The molecule has 0 aromatic heterocycles. The van der Waals surface area contributed by atoms with Crippen LogP contribution in [0.1, 0.15) is 51.9 Å². The van der Waals surface area contributed by atoms with Gasteiger partial charge in [-0.15, -0.1) is 0 Å². The molecule has 2 saturated heterocycles. The zero-order valence-corrected chi connectivity index (χ0v) is 11.5. The monoisotopic (exact) mass is 254 g/mol. The van der Waals surface area contributed by atoms with Crippen LogP contribution in [0.3, 0.4) is 0 Å². The van der Waals surface area contributed by atoms with Crippen molar-refractivity contribution in [1.29, 1.82) is 0 Å². The van der Waals surface area contributed by atoms with Crippen LogP contribution < -0.4 is 10.6 Å². The van der Waals surface area contributed by atoms with Crippen LogP contribution in [-0.2, 0) is 9.53 Å². The number of hydrogen-bond donors (Lipinski definition) is 2. The summed E-state index contributed by atoms with van der Waals surface area (Å²) in [5.74, 6) is 0.188. The Labute approximate surface area is 110 Å². The first kappa shape index (κ1) is 13.8. The molecule has 2 N–H and O–H groups in total. The Morgan fingerprint density at radius 2 is 2.17 bits per heavy atom. The van der Waals surface area contributed by atoms with Gasteiger partial charge < -0.3 is 15.4 Å². The molecule has 2 aliphatic rings. The Hall–Kier alpha value is -0.610. The lowest BCUT2D eigenvalue weighted by Gasteiger charge is -2.35. The lowest BCUT2D eigenvalue weighted by molar-refractivity contribution is -0.124. The molecule has 0 aliphatic carbocycles. The summed E-state index contributed by atoms with van der Waals surface area (Å²) in [7, 11) is 0. The van der Waals surface area contributed by atoms with Crippen molar-refractivity contribution in [2.45, 2.75) is 63.5 Å². The van der Waals surface area contributed by atoms with E-state index in [4.69, 9.17) is 4.74 Å². The highest BCUT2D eigenvalue weighted by Crippen LogP contribution is 2.19. The Morgan fingerprint density at radius 1 is 1.39 bits per heavy atom. The van der Waals surface area contributed by atoms with E-state index in [0.717, 1.165) is 45.4 Å². The molecule has 0 aromatic rings. The summed E-state index contributed by atoms with van der Waals surface area (Å²) in [5, 5.41) is 6.53. The van der Waals surface area contributed by atoms with Crippen LogP contribution in [0.2, 0.25) is 0 Å². The van der Waals surface area contributed by atoms with Crippen molar-refractivity contribution >= 4 is 5.91 Å². The number of hydrogen-bond acceptors (Lipinski definition) is 3. The van der Waals surface area contributed by atoms with E-state index in [1.54, 1.807) is 0 Å². The van der Waals surface area contributed by atoms with Gasteiger partial charge in [0.15, 0.2) is 0 Å². The van der Waals surface area contributed by atoms with Crippen molar-refractivity contribution in [3.05, 3.63) is 0 Å². The second-order valence-electron chi connectivity index (χ2n) is 5.89. The highest BCUT2D eigenvalue weighted by atomic mass is 16.5. The SMILES string of the molecule is CC1(NC(=O)CCC2CCCCO2)CCNCC1. The van der Waals surface area contributed by atoms with Crippen molar-refractivity contribution in [2.24, 2.45) is 0 Å². The van der Waals surface area contributed by atoms with Gasteiger partial charge in [0.05, 0.1) is 6.10 Å². The van der Waals surface area contributed by atoms with E-state index in [1.165, 1.54) is 12.8 Å². The summed E-state index contributed by atoms with van der Waals surface area (Å²) in [5.41, 5.74) is -0.00421. The minimum atomic E-state index is -0.00421. The number of ether oxygens (including phenoxy) is 1. The molecule has 0 aromatic carbocycles. The zero-order valence-electron chi connectivity index (χ0n) is 11.5. The molecule has 2 heterocycles. The first-order valence-electron chi connectivity index (χ1n) is 7.31. The maximum absolute atomic E-state index is 12.0. The summed E-state index contributed by atoms with van der Waals surface area (Å²) >= 11 is 0. The van der Waals surface area contributed by atoms with Gasteiger partial charge in [-0.2, -0.15) is 0 Å². The van der Waals surface area contributed by atoms with E-state index in [1.807, 2.05) is 0 Å². The first-order valence-corrected chi connectivity index (χ1v) is 7.31. The number of rotatable bonds is 4. The van der Waals surface area contributed by atoms with Crippen LogP contribution in [0.25, 0.3) is 0 Å². The van der Waals surface area contributed by atoms with Gasteiger partial charge >= 0.3 is 0 Å². The maximum atomic E-state index is 12.0. The fourth-order valence-corrected chi connectivity index (χ4v) is 2.83. The summed E-state index contributed by atoms with van der Waals surface area (Å²) in [6.07, 6.45) is 7.38. The number of amides is 1. The molecule has 0 radical (unpaired) electrons. The molecule has 2 aliphatic heterocycles. The predicted octanol–water partition coefficient (Wildman–Crippen LogP) is 1.59. The van der Waals surface area contributed by atoms with Crippen molar-refractivity contribution in [1.82, 2.24) is 10.6 Å². The number of carbonyl (C=O) groups is 1. The van der Waals surface area contributed by atoms with Crippen LogP contribution in [0, 0.1) is 0 Å². The standard InChI is InChI=1S/C14H26N2O2/c1-14(7-9-15-10-8-14)16-13(17)6-5-12-4-2-3-11-18-12/h12,15H,2-11H2,1H3,(H,16,17). The molecule has 1 atom stereocenters. The maximum Gasteiger partial charge on any atom is 0.220 e. The molecule has 18 heavy (non-hydrogen) atoms. The summed E-state index contributed by atoms with van der Waals surface area (Å²) in [6, 6.07) is 0. The Balaban J connectivity index is 1.67. The molecule has 0 saturated carbocycles. The van der Waals surface area contributed by atoms with Crippen LogP contribution >= 0.6 is 0 Å². The van der Waals surface area contributed by atoms with E-state index in [-0.39, 0.29) is 11.4 Å². The van der Waals surface area contributed by atoms with Crippen molar-refractivity contribution in [2.75, 3.05) is 19.7 Å². The van der Waals surface area contributed by atoms with E-state index >= 15 is 0 Å². The van der Waals surface area contributed by atoms with Gasteiger partial charge in [0.25, 0.3) is 0 Å². The van der Waals surface area contributed by atoms with Gasteiger partial charge in [-0.05, 0) is 58.5 Å². The van der Waals surface area contributed by atoms with Crippen LogP contribution in [0.5, 0.6) is 0 Å². The van der Waals surface area contributed by atoms with E-state index in [9.17, 15) is 4.79 Å². The van der Waals surface area contributed by atoms with Crippen molar-refractivity contribution in [3.8, 4) is 0 Å². The molecular weight excluding hydrogens is 228 g/mol. The molecular formula is C14H26N2O2. The minimum Gasteiger partial charge on any atom is -0.378 e.